The number of piperidine rings is 1. The molecule has 3 atom stereocenters. The summed E-state index contributed by atoms with van der Waals surface area (Å²) in [6, 6.07) is 5.18. The highest BCUT2D eigenvalue weighted by Gasteiger charge is 2.29. The van der Waals surface area contributed by atoms with Gasteiger partial charge in [0.2, 0.25) is 10.0 Å². The Morgan fingerprint density at radius 1 is 1.20 bits per heavy atom. The van der Waals surface area contributed by atoms with Crippen molar-refractivity contribution in [2.75, 3.05) is 17.2 Å². The molecule has 2 rings (SSSR count). The van der Waals surface area contributed by atoms with E-state index in [1.807, 2.05) is 6.07 Å². The highest BCUT2D eigenvalue weighted by molar-refractivity contribution is 7.89. The maximum Gasteiger partial charge on any atom is 0.238 e. The maximum absolute atomic E-state index is 11.5. The normalized spacial score (nSPS) is 27.6. The molecule has 1 saturated heterocycles. The molecule has 20 heavy (non-hydrogen) atoms. The number of hydrogen-bond donors (Lipinski definition) is 2. The summed E-state index contributed by atoms with van der Waals surface area (Å²) < 4.78 is 23.1. The number of sulfonamides is 1. The summed E-state index contributed by atoms with van der Waals surface area (Å²) in [5.41, 5.74) is 7.09. The van der Waals surface area contributed by atoms with Crippen LogP contribution in [0.2, 0.25) is 0 Å². The Hall–Kier alpha value is -1.27. The topological polar surface area (TPSA) is 89.4 Å². The van der Waals surface area contributed by atoms with Gasteiger partial charge in [-0.15, -0.1) is 0 Å². The summed E-state index contributed by atoms with van der Waals surface area (Å²) in [5, 5.41) is 5.21. The van der Waals surface area contributed by atoms with Crippen molar-refractivity contribution in [2.24, 2.45) is 17.0 Å². The van der Waals surface area contributed by atoms with Gasteiger partial charge in [0, 0.05) is 24.0 Å². The highest BCUT2D eigenvalue weighted by atomic mass is 32.2. The molecular formula is C14H23N3O2S. The largest absolute Gasteiger partial charge is 0.399 e. The fourth-order valence-corrected chi connectivity index (χ4v) is 3.58. The SMILES string of the molecule is CC1CC(C)C(C)N(c2cc(N)cc(S(N)(=O)=O)c2)C1. The number of rotatable bonds is 2. The highest BCUT2D eigenvalue weighted by Crippen LogP contribution is 2.33. The predicted molar refractivity (Wildman–Crippen MR) is 82.0 cm³/mol. The van der Waals surface area contributed by atoms with E-state index in [0.29, 0.717) is 23.6 Å². The summed E-state index contributed by atoms with van der Waals surface area (Å²) in [6.45, 7) is 7.50. The van der Waals surface area contributed by atoms with Crippen LogP contribution in [-0.4, -0.2) is 21.0 Å². The molecule has 3 unspecified atom stereocenters. The lowest BCUT2D eigenvalue weighted by Crippen LogP contribution is -2.45. The Labute approximate surface area is 121 Å². The molecule has 1 aliphatic heterocycles. The molecule has 0 saturated carbocycles. The molecule has 0 aliphatic carbocycles. The number of benzene rings is 1. The first kappa shape index (κ1) is 15.1. The van der Waals surface area contributed by atoms with Gasteiger partial charge < -0.3 is 10.6 Å². The summed E-state index contributed by atoms with van der Waals surface area (Å²) in [7, 11) is -3.74. The van der Waals surface area contributed by atoms with Crippen LogP contribution in [0.15, 0.2) is 23.1 Å². The molecule has 4 N–H and O–H groups in total. The van der Waals surface area contributed by atoms with E-state index < -0.39 is 10.0 Å². The lowest BCUT2D eigenvalue weighted by Gasteiger charge is -2.42. The smallest absolute Gasteiger partial charge is 0.238 e. The van der Waals surface area contributed by atoms with E-state index in [1.165, 1.54) is 12.5 Å². The summed E-state index contributed by atoms with van der Waals surface area (Å²) in [5.74, 6) is 1.12. The van der Waals surface area contributed by atoms with E-state index in [9.17, 15) is 8.42 Å². The Morgan fingerprint density at radius 3 is 2.45 bits per heavy atom. The first-order valence-corrected chi connectivity index (χ1v) is 8.43. The quantitative estimate of drug-likeness (QED) is 0.814. The molecule has 0 amide bonds. The Balaban J connectivity index is 2.44. The van der Waals surface area contributed by atoms with E-state index in [0.717, 1.165) is 12.2 Å². The number of nitrogen functional groups attached to an aromatic ring is 1. The molecule has 0 aromatic heterocycles. The third-order valence-corrected chi connectivity index (χ3v) is 5.06. The molecule has 0 bridgehead atoms. The van der Waals surface area contributed by atoms with Crippen LogP contribution in [0.3, 0.4) is 0 Å². The van der Waals surface area contributed by atoms with Gasteiger partial charge in [0.05, 0.1) is 4.90 Å². The van der Waals surface area contributed by atoms with E-state index >= 15 is 0 Å². The number of anilines is 2. The second-order valence-electron chi connectivity index (χ2n) is 6.02. The van der Waals surface area contributed by atoms with Gasteiger partial charge in [0.25, 0.3) is 0 Å². The molecule has 1 aromatic carbocycles. The zero-order chi connectivity index (χ0) is 15.1. The van der Waals surface area contributed by atoms with Crippen LogP contribution in [0.4, 0.5) is 11.4 Å². The van der Waals surface area contributed by atoms with Gasteiger partial charge in [-0.05, 0) is 43.4 Å². The minimum Gasteiger partial charge on any atom is -0.399 e. The molecule has 0 radical (unpaired) electrons. The molecule has 1 aromatic rings. The molecule has 0 spiro atoms. The van der Waals surface area contributed by atoms with Gasteiger partial charge in [-0.2, -0.15) is 0 Å². The van der Waals surface area contributed by atoms with Gasteiger partial charge in [-0.25, -0.2) is 13.6 Å². The molecule has 1 heterocycles. The van der Waals surface area contributed by atoms with Crippen molar-refractivity contribution in [3.63, 3.8) is 0 Å². The standard InChI is InChI=1S/C14H23N3O2S/c1-9-4-10(2)11(3)17(8-9)13-5-12(15)6-14(7-13)20(16,18)19/h5-7,9-11H,4,8,15H2,1-3H3,(H2,16,18,19). The van der Waals surface area contributed by atoms with Crippen LogP contribution in [0.25, 0.3) is 0 Å². The van der Waals surface area contributed by atoms with Crippen molar-refractivity contribution >= 4 is 21.4 Å². The second-order valence-corrected chi connectivity index (χ2v) is 7.58. The first-order chi connectivity index (χ1) is 9.18. The van der Waals surface area contributed by atoms with Crippen molar-refractivity contribution < 1.29 is 8.42 Å². The van der Waals surface area contributed by atoms with E-state index in [2.05, 4.69) is 25.7 Å². The number of nitrogens with zero attached hydrogens (tertiary/aromatic N) is 1. The van der Waals surface area contributed by atoms with Gasteiger partial charge in [0.15, 0.2) is 0 Å². The van der Waals surface area contributed by atoms with Crippen molar-refractivity contribution in [3.05, 3.63) is 18.2 Å². The van der Waals surface area contributed by atoms with Gasteiger partial charge >= 0.3 is 0 Å². The average molecular weight is 297 g/mol. The zero-order valence-electron chi connectivity index (χ0n) is 12.2. The molecular weight excluding hydrogens is 274 g/mol. The lowest BCUT2D eigenvalue weighted by molar-refractivity contribution is 0.297. The summed E-state index contributed by atoms with van der Waals surface area (Å²) in [4.78, 5) is 2.30. The minimum absolute atomic E-state index is 0.0746. The van der Waals surface area contributed by atoms with Gasteiger partial charge in [0.1, 0.15) is 0 Å². The van der Waals surface area contributed by atoms with E-state index in [1.54, 1.807) is 6.07 Å². The predicted octanol–water partition coefficient (Wildman–Crippen LogP) is 1.79. The lowest BCUT2D eigenvalue weighted by atomic mass is 9.85. The van der Waals surface area contributed by atoms with Crippen LogP contribution >= 0.6 is 0 Å². The van der Waals surface area contributed by atoms with Crippen molar-refractivity contribution in [2.45, 2.75) is 38.1 Å². The third kappa shape index (κ3) is 3.07. The van der Waals surface area contributed by atoms with E-state index in [-0.39, 0.29) is 4.90 Å². The Bertz CT molecular complexity index is 600. The summed E-state index contributed by atoms with van der Waals surface area (Å²) >= 11 is 0. The molecule has 6 heteroatoms. The zero-order valence-corrected chi connectivity index (χ0v) is 13.0. The molecule has 5 nitrogen and oxygen atoms in total. The second kappa shape index (κ2) is 5.26. The monoisotopic (exact) mass is 297 g/mol. The average Bonchev–Trinajstić information content (AvgIpc) is 2.32. The van der Waals surface area contributed by atoms with Crippen molar-refractivity contribution in [3.8, 4) is 0 Å². The van der Waals surface area contributed by atoms with E-state index in [4.69, 9.17) is 10.9 Å². The summed E-state index contributed by atoms with van der Waals surface area (Å²) in [6.07, 6.45) is 1.18. The molecule has 112 valence electrons. The Morgan fingerprint density at radius 2 is 1.85 bits per heavy atom. The van der Waals surface area contributed by atoms with Crippen molar-refractivity contribution in [1.29, 1.82) is 0 Å². The minimum atomic E-state index is -3.74. The van der Waals surface area contributed by atoms with Crippen LogP contribution in [0.1, 0.15) is 27.2 Å². The van der Waals surface area contributed by atoms with Crippen LogP contribution < -0.4 is 15.8 Å². The fourth-order valence-electron chi connectivity index (χ4n) is 2.99. The van der Waals surface area contributed by atoms with Crippen LogP contribution in [0, 0.1) is 11.8 Å². The first-order valence-electron chi connectivity index (χ1n) is 6.88. The number of nitrogens with two attached hydrogens (primary N) is 2. The maximum atomic E-state index is 11.5. The molecule has 1 aliphatic rings. The number of hydrogen-bond acceptors (Lipinski definition) is 4. The van der Waals surface area contributed by atoms with Crippen molar-refractivity contribution in [1.82, 2.24) is 0 Å². The number of primary sulfonamides is 1. The van der Waals surface area contributed by atoms with Crippen LogP contribution in [0.5, 0.6) is 0 Å². The molecule has 1 fully saturated rings. The Kier molecular flexibility index (Phi) is 3.97. The van der Waals surface area contributed by atoms with Gasteiger partial charge in [-0.1, -0.05) is 13.8 Å². The van der Waals surface area contributed by atoms with Crippen LogP contribution in [-0.2, 0) is 10.0 Å². The van der Waals surface area contributed by atoms with Gasteiger partial charge in [-0.3, -0.25) is 0 Å². The fraction of sp³-hybridized carbons (Fsp3) is 0.571. The third-order valence-electron chi connectivity index (χ3n) is 4.17.